The summed E-state index contributed by atoms with van der Waals surface area (Å²) in [5, 5.41) is 0. The number of rotatable bonds is 5. The molecular formula is C13H16N2O3S. The Bertz CT molecular complexity index is 632. The van der Waals surface area contributed by atoms with Gasteiger partial charge in [0.25, 0.3) is 10.7 Å². The maximum absolute atomic E-state index is 12.2. The molecule has 102 valence electrons. The van der Waals surface area contributed by atoms with Gasteiger partial charge in [-0.25, -0.2) is 0 Å². The number of oxazole rings is 1. The molecule has 0 atom stereocenters. The van der Waals surface area contributed by atoms with Gasteiger partial charge in [-0.15, -0.1) is 0 Å². The van der Waals surface area contributed by atoms with Crippen LogP contribution < -0.4 is 0 Å². The number of hydrogen-bond donors (Lipinski definition) is 1. The van der Waals surface area contributed by atoms with Gasteiger partial charge in [0.05, 0.1) is 5.52 Å². The average molecular weight is 280 g/mol. The number of ether oxygens (including phenoxy) is 1. The smallest absolute Gasteiger partial charge is 0.266 e. The maximum atomic E-state index is 12.2. The number of amides is 1. The highest BCUT2D eigenvalue weighted by Crippen LogP contribution is 2.16. The zero-order valence-electron chi connectivity index (χ0n) is 10.9. The number of methoxy groups -OCH3 is 1. The lowest BCUT2D eigenvalue weighted by molar-refractivity contribution is 0.0779. The second kappa shape index (κ2) is 5.99. The normalized spacial score (nSPS) is 10.8. The van der Waals surface area contributed by atoms with E-state index in [-0.39, 0.29) is 5.91 Å². The largest absolute Gasteiger partial charge is 0.429 e. The van der Waals surface area contributed by atoms with E-state index in [9.17, 15) is 4.79 Å². The van der Waals surface area contributed by atoms with Crippen molar-refractivity contribution in [3.8, 4) is 0 Å². The second-order valence-corrected chi connectivity index (χ2v) is 4.67. The fourth-order valence-electron chi connectivity index (χ4n) is 1.85. The number of carbonyl (C=O) groups excluding carboxylic acids is 1. The average Bonchev–Trinajstić information content (AvgIpc) is 2.77. The Kier molecular flexibility index (Phi) is 4.34. The SMILES string of the molecule is COCCCN(C)C(=O)c1ccc2[nH]c(=S)oc2c1. The third-order valence-corrected chi connectivity index (χ3v) is 3.04. The summed E-state index contributed by atoms with van der Waals surface area (Å²) in [6.07, 6.45) is 0.811. The number of hydrogen-bond acceptors (Lipinski definition) is 4. The van der Waals surface area contributed by atoms with Gasteiger partial charge in [-0.3, -0.25) is 4.79 Å². The fraction of sp³-hybridized carbons (Fsp3) is 0.385. The molecule has 0 aliphatic heterocycles. The summed E-state index contributed by atoms with van der Waals surface area (Å²) >= 11 is 4.91. The quantitative estimate of drug-likeness (QED) is 0.675. The first-order valence-electron chi connectivity index (χ1n) is 5.99. The first kappa shape index (κ1) is 13.8. The highest BCUT2D eigenvalue weighted by molar-refractivity contribution is 7.71. The minimum atomic E-state index is -0.0414. The fourth-order valence-corrected chi connectivity index (χ4v) is 2.05. The van der Waals surface area contributed by atoms with E-state index >= 15 is 0 Å². The van der Waals surface area contributed by atoms with Crippen LogP contribution >= 0.6 is 12.2 Å². The van der Waals surface area contributed by atoms with Crippen LogP contribution in [-0.4, -0.2) is 43.1 Å². The predicted octanol–water partition coefficient (Wildman–Crippen LogP) is 2.60. The molecule has 1 amide bonds. The first-order chi connectivity index (χ1) is 9.11. The van der Waals surface area contributed by atoms with E-state index in [2.05, 4.69) is 4.98 Å². The molecule has 1 aromatic heterocycles. The van der Waals surface area contributed by atoms with Crippen LogP contribution in [0.4, 0.5) is 0 Å². The molecule has 0 saturated carbocycles. The Balaban J connectivity index is 2.14. The van der Waals surface area contributed by atoms with Crippen LogP contribution in [0.1, 0.15) is 16.8 Å². The Morgan fingerprint density at radius 3 is 3.05 bits per heavy atom. The van der Waals surface area contributed by atoms with Gasteiger partial charge in [-0.05, 0) is 36.8 Å². The zero-order valence-corrected chi connectivity index (χ0v) is 11.8. The summed E-state index contributed by atoms with van der Waals surface area (Å²) in [6, 6.07) is 5.26. The van der Waals surface area contributed by atoms with Gasteiger partial charge in [0.15, 0.2) is 5.58 Å². The van der Waals surface area contributed by atoms with Crippen LogP contribution in [0.3, 0.4) is 0 Å². The molecule has 2 aromatic rings. The maximum Gasteiger partial charge on any atom is 0.266 e. The van der Waals surface area contributed by atoms with Crippen molar-refractivity contribution in [2.45, 2.75) is 6.42 Å². The van der Waals surface area contributed by atoms with Crippen molar-refractivity contribution in [1.29, 1.82) is 0 Å². The Hall–Kier alpha value is -1.66. The third kappa shape index (κ3) is 3.21. The number of nitrogens with one attached hydrogen (secondary N) is 1. The van der Waals surface area contributed by atoms with E-state index in [0.717, 1.165) is 11.9 Å². The highest BCUT2D eigenvalue weighted by Gasteiger charge is 2.12. The molecule has 0 spiro atoms. The molecule has 0 aliphatic rings. The van der Waals surface area contributed by atoms with E-state index in [1.54, 1.807) is 37.3 Å². The van der Waals surface area contributed by atoms with E-state index in [0.29, 0.717) is 29.1 Å². The van der Waals surface area contributed by atoms with Gasteiger partial charge in [-0.2, -0.15) is 0 Å². The lowest BCUT2D eigenvalue weighted by Gasteiger charge is -2.16. The van der Waals surface area contributed by atoms with Crippen molar-refractivity contribution in [3.05, 3.63) is 28.6 Å². The number of aromatic nitrogens is 1. The van der Waals surface area contributed by atoms with Crippen LogP contribution in [-0.2, 0) is 4.74 Å². The number of aromatic amines is 1. The van der Waals surface area contributed by atoms with E-state index < -0.39 is 0 Å². The molecule has 1 aromatic carbocycles. The lowest BCUT2D eigenvalue weighted by atomic mass is 10.2. The number of benzene rings is 1. The molecule has 0 saturated heterocycles. The summed E-state index contributed by atoms with van der Waals surface area (Å²) in [6.45, 7) is 1.30. The van der Waals surface area contributed by atoms with Crippen LogP contribution in [0.15, 0.2) is 22.6 Å². The molecule has 0 bridgehead atoms. The van der Waals surface area contributed by atoms with Gasteiger partial charge < -0.3 is 19.0 Å². The molecular weight excluding hydrogens is 264 g/mol. The predicted molar refractivity (Wildman–Crippen MR) is 74.9 cm³/mol. The van der Waals surface area contributed by atoms with E-state index in [4.69, 9.17) is 21.4 Å². The third-order valence-electron chi connectivity index (χ3n) is 2.86. The molecule has 6 heteroatoms. The number of fused-ring (bicyclic) bond motifs is 1. The van der Waals surface area contributed by atoms with E-state index in [1.165, 1.54) is 0 Å². The van der Waals surface area contributed by atoms with Gasteiger partial charge >= 0.3 is 0 Å². The Morgan fingerprint density at radius 2 is 2.32 bits per heavy atom. The van der Waals surface area contributed by atoms with Crippen molar-refractivity contribution >= 4 is 29.2 Å². The summed E-state index contributed by atoms with van der Waals surface area (Å²) < 4.78 is 10.3. The van der Waals surface area contributed by atoms with Gasteiger partial charge in [0.1, 0.15) is 0 Å². The van der Waals surface area contributed by atoms with Gasteiger partial charge in [0, 0.05) is 32.9 Å². The van der Waals surface area contributed by atoms with Crippen LogP contribution in [0.2, 0.25) is 0 Å². The van der Waals surface area contributed by atoms with Crippen molar-refractivity contribution in [3.63, 3.8) is 0 Å². The minimum absolute atomic E-state index is 0.0414. The van der Waals surface area contributed by atoms with Gasteiger partial charge in [0.2, 0.25) is 0 Å². The van der Waals surface area contributed by atoms with Crippen molar-refractivity contribution in [1.82, 2.24) is 9.88 Å². The molecule has 5 nitrogen and oxygen atoms in total. The molecule has 19 heavy (non-hydrogen) atoms. The topological polar surface area (TPSA) is 58.5 Å². The van der Waals surface area contributed by atoms with Crippen molar-refractivity contribution < 1.29 is 13.9 Å². The van der Waals surface area contributed by atoms with Crippen molar-refractivity contribution in [2.75, 3.05) is 27.3 Å². The zero-order chi connectivity index (χ0) is 13.8. The molecule has 0 radical (unpaired) electrons. The van der Waals surface area contributed by atoms with Crippen molar-refractivity contribution in [2.24, 2.45) is 0 Å². The summed E-state index contributed by atoms with van der Waals surface area (Å²) in [4.78, 5) is 17.1. The number of nitrogens with zero attached hydrogens (tertiary/aromatic N) is 1. The van der Waals surface area contributed by atoms with Crippen LogP contribution in [0.5, 0.6) is 0 Å². The molecule has 1 heterocycles. The Labute approximate surface area is 116 Å². The first-order valence-corrected chi connectivity index (χ1v) is 6.40. The molecule has 0 aliphatic carbocycles. The molecule has 0 fully saturated rings. The molecule has 0 unspecified atom stereocenters. The molecule has 1 N–H and O–H groups in total. The monoisotopic (exact) mass is 280 g/mol. The number of H-pyrrole nitrogens is 1. The number of carbonyl (C=O) groups is 1. The van der Waals surface area contributed by atoms with E-state index in [1.807, 2.05) is 0 Å². The van der Waals surface area contributed by atoms with Gasteiger partial charge in [-0.1, -0.05) is 0 Å². The Morgan fingerprint density at radius 1 is 1.53 bits per heavy atom. The summed E-state index contributed by atoms with van der Waals surface area (Å²) in [5.41, 5.74) is 1.98. The van der Waals surface area contributed by atoms with Crippen LogP contribution in [0, 0.1) is 4.84 Å². The lowest BCUT2D eigenvalue weighted by Crippen LogP contribution is -2.28. The second-order valence-electron chi connectivity index (χ2n) is 4.30. The van der Waals surface area contributed by atoms with Crippen LogP contribution in [0.25, 0.3) is 11.1 Å². The minimum Gasteiger partial charge on any atom is -0.429 e. The highest BCUT2D eigenvalue weighted by atomic mass is 32.1. The molecule has 2 rings (SSSR count). The summed E-state index contributed by atoms with van der Waals surface area (Å²) in [7, 11) is 3.42. The summed E-state index contributed by atoms with van der Waals surface area (Å²) in [5.74, 6) is -0.0414. The standard InChI is InChI=1S/C13H16N2O3S/c1-15(6-3-7-17-2)12(16)9-4-5-10-11(8-9)18-13(19)14-10/h4-5,8H,3,6-7H2,1-2H3,(H,14,19).